The summed E-state index contributed by atoms with van der Waals surface area (Å²) in [5.41, 5.74) is 23.2. The number of amides is 10. The fourth-order valence-electron chi connectivity index (χ4n) is 9.21. The Balaban J connectivity index is 1.52. The van der Waals surface area contributed by atoms with Gasteiger partial charge in [0.2, 0.25) is 59.1 Å². The van der Waals surface area contributed by atoms with Gasteiger partial charge in [-0.3, -0.25) is 52.9 Å². The number of ether oxygens (including phenoxy) is 1. The highest BCUT2D eigenvalue weighted by Gasteiger charge is 2.42. The van der Waals surface area contributed by atoms with Crippen molar-refractivity contribution in [2.75, 3.05) is 43.5 Å². The molecule has 5 rings (SSSR count). The van der Waals surface area contributed by atoms with Crippen LogP contribution in [0.1, 0.15) is 83.3 Å². The summed E-state index contributed by atoms with van der Waals surface area (Å²) in [4.78, 5) is 144. The molecule has 3 fully saturated rings. The Kier molecular flexibility index (Phi) is 24.9. The molecule has 3 aliphatic heterocycles. The van der Waals surface area contributed by atoms with Crippen LogP contribution in [0.25, 0.3) is 0 Å². The summed E-state index contributed by atoms with van der Waals surface area (Å²) in [5, 5.41) is 19.0. The highest BCUT2D eigenvalue weighted by atomic mass is 33.1. The van der Waals surface area contributed by atoms with Crippen LogP contribution in [0, 0.1) is 5.92 Å². The molecule has 0 unspecified atom stereocenters. The number of primary amides is 2. The number of benzene rings is 2. The van der Waals surface area contributed by atoms with Crippen molar-refractivity contribution in [2.45, 2.75) is 132 Å². The lowest BCUT2D eigenvalue weighted by molar-refractivity contribution is -0.142. The molecular weight excluding hydrogens is 1080 g/mol. The monoisotopic (exact) mass is 1150 g/mol. The van der Waals surface area contributed by atoms with Crippen LogP contribution in [0.4, 0.5) is 0 Å². The molecule has 1 spiro atoms. The largest absolute Gasteiger partial charge is 0.494 e. The van der Waals surface area contributed by atoms with Crippen molar-refractivity contribution in [3.63, 3.8) is 0 Å². The zero-order valence-corrected chi connectivity index (χ0v) is 47.2. The number of aliphatic imine (C=N–C) groups is 1. The summed E-state index contributed by atoms with van der Waals surface area (Å²) in [6, 6.07) is 6.79. The Morgan fingerprint density at radius 3 is 2.06 bits per heavy atom. The summed E-state index contributed by atoms with van der Waals surface area (Å²) in [6.07, 6.45) is 1.19. The van der Waals surface area contributed by atoms with Gasteiger partial charge < -0.3 is 69.8 Å². The second-order valence-corrected chi connectivity index (χ2v) is 23.9. The molecule has 24 nitrogen and oxygen atoms in total. The Morgan fingerprint density at radius 1 is 0.797 bits per heavy atom. The molecular formula is C52H75N13O11S3. The quantitative estimate of drug-likeness (QED) is 0.0348. The van der Waals surface area contributed by atoms with Crippen LogP contribution >= 0.6 is 33.3 Å². The Labute approximate surface area is 471 Å². The Hall–Kier alpha value is -6.74. The van der Waals surface area contributed by atoms with Crippen LogP contribution in [0.5, 0.6) is 5.75 Å². The van der Waals surface area contributed by atoms with E-state index in [0.717, 1.165) is 0 Å². The van der Waals surface area contributed by atoms with Crippen LogP contribution in [0.3, 0.4) is 0 Å². The van der Waals surface area contributed by atoms with E-state index in [4.69, 9.17) is 27.7 Å². The first-order valence-corrected chi connectivity index (χ1v) is 29.8. The summed E-state index contributed by atoms with van der Waals surface area (Å²) >= 11 is 1.71. The second kappa shape index (κ2) is 31.2. The van der Waals surface area contributed by atoms with Gasteiger partial charge >= 0.3 is 0 Å². The minimum atomic E-state index is -1.66. The Bertz CT molecular complexity index is 2500. The average molecular weight is 1150 g/mol. The van der Waals surface area contributed by atoms with E-state index in [2.05, 4.69) is 42.2 Å². The predicted molar refractivity (Wildman–Crippen MR) is 303 cm³/mol. The second-order valence-electron chi connectivity index (χ2n) is 19.9. The van der Waals surface area contributed by atoms with Crippen molar-refractivity contribution in [1.82, 2.24) is 42.1 Å². The van der Waals surface area contributed by atoms with E-state index < -0.39 is 125 Å². The number of carbonyl (C=O) groups excluding carboxylic acids is 10. The lowest BCUT2D eigenvalue weighted by Crippen LogP contribution is -2.61. The van der Waals surface area contributed by atoms with E-state index in [0.29, 0.717) is 54.3 Å². The van der Waals surface area contributed by atoms with Crippen molar-refractivity contribution in [1.29, 1.82) is 0 Å². The first kappa shape index (κ1) is 63.1. The lowest BCUT2D eigenvalue weighted by Gasteiger charge is -2.36. The topological polar surface area (TPSA) is 384 Å². The SMILES string of the molecule is CCOc1ccc(C[C@H]2NC(=O)CC3(CCSCC3)SSC[C@@H](C(=O)N3CCC[C@H]3C(=O)N[C@@H](CCCN=C(N)N)C(=O)NCC(N)=O)NC(=O)[C@H](CC(N)=O)NC(=O)[C@H](C(C)C)NC(=O)[C@H](Cc3ccccc3)NC2=O)cc1. The molecule has 3 heterocycles. The number of thioether (sulfide) groups is 1. The van der Waals surface area contributed by atoms with Crippen LogP contribution in [-0.4, -0.2) is 160 Å². The maximum Gasteiger partial charge on any atom is 0.246 e. The van der Waals surface area contributed by atoms with Crippen molar-refractivity contribution in [3.8, 4) is 5.75 Å². The molecule has 0 saturated carbocycles. The molecule has 0 aromatic heterocycles. The van der Waals surface area contributed by atoms with Gasteiger partial charge in [-0.15, -0.1) is 0 Å². The standard InChI is InChI=1S/C52H75N13O11S3/c1-4-76-33-16-14-32(15-17-33)25-35-45(70)61-36(24-31-10-6-5-7-11-31)47(72)64-43(30(2)3)49(74)62-37(26-40(53)66)46(71)63-38(29-78-79-52(27-42(68)59-35)18-22-77-23-19-52)50(75)65-21-9-13-39(65)48(73)60-34(12-8-20-57-51(55)56)44(69)58-28-41(54)67/h5-7,10-11,14-17,30,34-39,43H,4,8-9,12-13,18-29H2,1-3H3,(H2,53,66)(H2,54,67)(H,58,69)(H,59,68)(H,60,73)(H,61,70)(H,62,74)(H,63,71)(H,64,72)(H4,55,56,57)/t34-,35+,36-,37-,38-,39-,43-/m0/s1. The van der Waals surface area contributed by atoms with Gasteiger partial charge in [0.05, 0.1) is 19.6 Å². The van der Waals surface area contributed by atoms with Crippen LogP contribution in [0.2, 0.25) is 0 Å². The third-order valence-electron chi connectivity index (χ3n) is 13.4. The number of rotatable bonds is 19. The maximum atomic E-state index is 14.9. The first-order chi connectivity index (χ1) is 37.7. The third-order valence-corrected chi connectivity index (χ3v) is 17.7. The first-order valence-electron chi connectivity index (χ1n) is 26.3. The van der Waals surface area contributed by atoms with Gasteiger partial charge in [-0.1, -0.05) is 77.9 Å². The zero-order chi connectivity index (χ0) is 57.6. The third kappa shape index (κ3) is 20.1. The van der Waals surface area contributed by atoms with E-state index in [1.54, 1.807) is 80.2 Å². The van der Waals surface area contributed by atoms with E-state index in [9.17, 15) is 47.9 Å². The zero-order valence-electron chi connectivity index (χ0n) is 44.8. The van der Waals surface area contributed by atoms with E-state index in [-0.39, 0.29) is 63.3 Å². The molecule has 15 N–H and O–H groups in total. The molecule has 7 atom stereocenters. The molecule has 10 amide bonds. The van der Waals surface area contributed by atoms with Gasteiger partial charge in [-0.25, -0.2) is 0 Å². The highest BCUT2D eigenvalue weighted by Crippen LogP contribution is 2.47. The van der Waals surface area contributed by atoms with E-state index in [1.807, 2.05) is 6.92 Å². The smallest absolute Gasteiger partial charge is 0.246 e. The van der Waals surface area contributed by atoms with Gasteiger partial charge in [-0.05, 0) is 86.1 Å². The molecule has 79 heavy (non-hydrogen) atoms. The fraction of sp³-hybridized carbons (Fsp3) is 0.558. The minimum absolute atomic E-state index is 0.0154. The summed E-state index contributed by atoms with van der Waals surface area (Å²) < 4.78 is 4.90. The molecule has 2 aromatic carbocycles. The molecule has 3 aliphatic rings. The van der Waals surface area contributed by atoms with E-state index in [1.165, 1.54) is 26.5 Å². The van der Waals surface area contributed by atoms with Crippen LogP contribution in [-0.2, 0) is 60.8 Å². The molecule has 0 bridgehead atoms. The maximum absolute atomic E-state index is 14.9. The summed E-state index contributed by atoms with van der Waals surface area (Å²) in [5.74, 6) is -6.54. The summed E-state index contributed by atoms with van der Waals surface area (Å²) in [6.45, 7) is 5.27. The molecule has 0 aliphatic carbocycles. The number of guanidine groups is 1. The van der Waals surface area contributed by atoms with Gasteiger partial charge in [0.15, 0.2) is 5.96 Å². The number of carbonyl (C=O) groups is 10. The number of nitrogens with one attached hydrogen (secondary N) is 7. The van der Waals surface area contributed by atoms with Gasteiger partial charge in [0.25, 0.3) is 0 Å². The highest BCUT2D eigenvalue weighted by molar-refractivity contribution is 8.77. The number of hydrogen-bond donors (Lipinski definition) is 11. The van der Waals surface area contributed by atoms with Crippen LogP contribution < -0.4 is 64.9 Å². The lowest BCUT2D eigenvalue weighted by atomic mass is 9.96. The van der Waals surface area contributed by atoms with Crippen molar-refractivity contribution in [2.24, 2.45) is 33.8 Å². The van der Waals surface area contributed by atoms with Gasteiger partial charge in [0.1, 0.15) is 48.0 Å². The van der Waals surface area contributed by atoms with Gasteiger partial charge in [-0.2, -0.15) is 11.8 Å². The number of hydrogen-bond acceptors (Lipinski definition) is 15. The summed E-state index contributed by atoms with van der Waals surface area (Å²) in [7, 11) is 2.57. The fourth-order valence-corrected chi connectivity index (χ4v) is 14.0. The Morgan fingerprint density at radius 2 is 1.43 bits per heavy atom. The molecule has 3 saturated heterocycles. The molecule has 27 heteroatoms. The van der Waals surface area contributed by atoms with Crippen molar-refractivity contribution >= 4 is 98.4 Å². The molecule has 432 valence electrons. The molecule has 2 aromatic rings. The van der Waals surface area contributed by atoms with Crippen molar-refractivity contribution < 1.29 is 52.7 Å². The van der Waals surface area contributed by atoms with Gasteiger partial charge in [0, 0.05) is 42.9 Å². The minimum Gasteiger partial charge on any atom is -0.494 e. The number of nitrogens with zero attached hydrogens (tertiary/aromatic N) is 2. The van der Waals surface area contributed by atoms with Crippen molar-refractivity contribution in [3.05, 3.63) is 65.7 Å². The normalized spacial score (nSPS) is 22.9. The molecule has 0 radical (unpaired) electrons. The number of nitrogens with two attached hydrogens (primary N) is 4. The van der Waals surface area contributed by atoms with Crippen LogP contribution in [0.15, 0.2) is 59.6 Å². The average Bonchev–Trinajstić information content (AvgIpc) is 3.91. The van der Waals surface area contributed by atoms with E-state index >= 15 is 0 Å². The predicted octanol–water partition coefficient (Wildman–Crippen LogP) is -0.992. The number of likely N-dealkylation sites (tertiary alicyclic amines) is 1.